The lowest BCUT2D eigenvalue weighted by Gasteiger charge is -2.09. The quantitative estimate of drug-likeness (QED) is 0.633. The van der Waals surface area contributed by atoms with Crippen molar-refractivity contribution in [2.24, 2.45) is 0 Å². The number of halogens is 2. The average Bonchev–Trinajstić information content (AvgIpc) is 3.16. The maximum Gasteiger partial charge on any atom is 0.167 e. The molecule has 0 aliphatic carbocycles. The van der Waals surface area contributed by atoms with Gasteiger partial charge in [-0.15, -0.1) is 11.3 Å². The van der Waals surface area contributed by atoms with Crippen LogP contribution in [0.4, 0.5) is 0 Å². The molecule has 114 valence electrons. The summed E-state index contributed by atoms with van der Waals surface area (Å²) in [6, 6.07) is 11.5. The molecule has 22 heavy (non-hydrogen) atoms. The third-order valence-electron chi connectivity index (χ3n) is 2.89. The van der Waals surface area contributed by atoms with Crippen molar-refractivity contribution in [3.05, 3.63) is 63.3 Å². The van der Waals surface area contributed by atoms with E-state index < -0.39 is 0 Å². The van der Waals surface area contributed by atoms with Gasteiger partial charge in [0.1, 0.15) is 24.4 Å². The Kier molecular flexibility index (Phi) is 4.87. The van der Waals surface area contributed by atoms with E-state index in [1.807, 2.05) is 41.8 Å². The van der Waals surface area contributed by atoms with Gasteiger partial charge < -0.3 is 9.47 Å². The lowest BCUT2D eigenvalue weighted by molar-refractivity contribution is 0.236. The normalized spacial score (nSPS) is 10.6. The second-order valence-corrected chi connectivity index (χ2v) is 6.16. The summed E-state index contributed by atoms with van der Waals surface area (Å²) in [5, 5.41) is 2.66. The molecule has 2 aromatic heterocycles. The predicted octanol–water partition coefficient (Wildman–Crippen LogP) is 4.87. The molecule has 0 aliphatic heterocycles. The Balaban J connectivity index is 1.54. The van der Waals surface area contributed by atoms with Crippen molar-refractivity contribution >= 4 is 34.5 Å². The lowest BCUT2D eigenvalue weighted by Crippen LogP contribution is -2.03. The molecule has 0 unspecified atom stereocenters. The highest BCUT2D eigenvalue weighted by Gasteiger charge is 2.06. The number of benzene rings is 1. The summed E-state index contributed by atoms with van der Waals surface area (Å²) in [7, 11) is 0. The monoisotopic (exact) mass is 354 g/mol. The second-order valence-electron chi connectivity index (χ2n) is 4.41. The number of hydrogen-bond acceptors (Lipinski definition) is 4. The number of aromatic nitrogens is 2. The van der Waals surface area contributed by atoms with Gasteiger partial charge in [-0.2, -0.15) is 0 Å². The van der Waals surface area contributed by atoms with E-state index in [0.717, 1.165) is 5.75 Å². The van der Waals surface area contributed by atoms with Crippen LogP contribution >= 0.6 is 34.5 Å². The largest absolute Gasteiger partial charge is 0.488 e. The fourth-order valence-electron chi connectivity index (χ4n) is 1.76. The Hall–Kier alpha value is -1.69. The Morgan fingerprint density at radius 1 is 1.05 bits per heavy atom. The third-order valence-corrected chi connectivity index (χ3v) is 4.51. The smallest absolute Gasteiger partial charge is 0.167 e. The molecule has 0 atom stereocenters. The number of thiophene rings is 1. The van der Waals surface area contributed by atoms with Crippen LogP contribution in [0.2, 0.25) is 10.3 Å². The lowest BCUT2D eigenvalue weighted by atomic mass is 10.3. The minimum atomic E-state index is 0.244. The van der Waals surface area contributed by atoms with Crippen LogP contribution in [-0.2, 0) is 13.3 Å². The van der Waals surface area contributed by atoms with Gasteiger partial charge in [-0.05, 0) is 35.7 Å². The van der Waals surface area contributed by atoms with E-state index >= 15 is 0 Å². The SMILES string of the molecule is Clc1ncn(COc2ccc(OCc3cccs3)cc2)c1Cl. The molecule has 0 spiro atoms. The number of imidazole rings is 1. The van der Waals surface area contributed by atoms with Gasteiger partial charge in [0.15, 0.2) is 17.0 Å². The van der Waals surface area contributed by atoms with Gasteiger partial charge in [-0.1, -0.05) is 29.3 Å². The molecule has 1 aromatic carbocycles. The van der Waals surface area contributed by atoms with Crippen LogP contribution in [0, 0.1) is 0 Å². The van der Waals surface area contributed by atoms with E-state index in [9.17, 15) is 0 Å². The molecule has 0 fully saturated rings. The van der Waals surface area contributed by atoms with E-state index in [1.54, 1.807) is 15.9 Å². The molecular weight excluding hydrogens is 343 g/mol. The molecule has 0 aliphatic rings. The zero-order valence-corrected chi connectivity index (χ0v) is 13.7. The fraction of sp³-hybridized carbons (Fsp3) is 0.133. The summed E-state index contributed by atoms with van der Waals surface area (Å²) < 4.78 is 12.9. The summed E-state index contributed by atoms with van der Waals surface area (Å²) in [5.41, 5.74) is 0. The van der Waals surface area contributed by atoms with E-state index in [0.29, 0.717) is 17.5 Å². The summed E-state index contributed by atoms with van der Waals surface area (Å²) in [6.07, 6.45) is 1.53. The van der Waals surface area contributed by atoms with Gasteiger partial charge >= 0.3 is 0 Å². The first-order valence-corrected chi connectivity index (χ1v) is 8.10. The molecule has 0 bridgehead atoms. The maximum absolute atomic E-state index is 5.96. The van der Waals surface area contributed by atoms with Crippen LogP contribution < -0.4 is 9.47 Å². The summed E-state index contributed by atoms with van der Waals surface area (Å²) >= 11 is 13.4. The Bertz CT molecular complexity index is 727. The molecule has 7 heteroatoms. The van der Waals surface area contributed by atoms with Crippen molar-refractivity contribution in [3.8, 4) is 11.5 Å². The number of rotatable bonds is 6. The first-order valence-electron chi connectivity index (χ1n) is 6.46. The third kappa shape index (κ3) is 3.74. The molecule has 0 N–H and O–H groups in total. The number of ether oxygens (including phenoxy) is 2. The molecule has 2 heterocycles. The van der Waals surface area contributed by atoms with Gasteiger partial charge in [-0.25, -0.2) is 4.98 Å². The number of nitrogens with zero attached hydrogens (tertiary/aromatic N) is 2. The van der Waals surface area contributed by atoms with Gasteiger partial charge in [0.2, 0.25) is 0 Å². The number of hydrogen-bond donors (Lipinski definition) is 0. The maximum atomic E-state index is 5.96. The minimum Gasteiger partial charge on any atom is -0.488 e. The topological polar surface area (TPSA) is 36.3 Å². The van der Waals surface area contributed by atoms with E-state index in [1.165, 1.54) is 11.2 Å². The van der Waals surface area contributed by atoms with Crippen LogP contribution in [0.1, 0.15) is 4.88 Å². The fourth-order valence-corrected chi connectivity index (χ4v) is 2.67. The molecule has 0 amide bonds. The molecule has 3 rings (SSSR count). The van der Waals surface area contributed by atoms with Gasteiger partial charge in [-0.3, -0.25) is 4.57 Å². The van der Waals surface area contributed by atoms with Gasteiger partial charge in [0, 0.05) is 4.88 Å². The van der Waals surface area contributed by atoms with E-state index in [4.69, 9.17) is 32.7 Å². The highest BCUT2D eigenvalue weighted by molar-refractivity contribution is 7.09. The highest BCUT2D eigenvalue weighted by atomic mass is 35.5. The van der Waals surface area contributed by atoms with Crippen molar-refractivity contribution in [1.29, 1.82) is 0 Å². The first-order chi connectivity index (χ1) is 10.7. The highest BCUT2D eigenvalue weighted by Crippen LogP contribution is 2.22. The Morgan fingerprint density at radius 3 is 2.36 bits per heavy atom. The summed E-state index contributed by atoms with van der Waals surface area (Å²) in [5.74, 6) is 1.51. The van der Waals surface area contributed by atoms with Gasteiger partial charge in [0.05, 0.1) is 0 Å². The second kappa shape index (κ2) is 7.05. The Morgan fingerprint density at radius 2 is 1.77 bits per heavy atom. The van der Waals surface area contributed by atoms with E-state index in [-0.39, 0.29) is 11.9 Å². The van der Waals surface area contributed by atoms with Crippen molar-refractivity contribution in [2.45, 2.75) is 13.3 Å². The first kappa shape index (κ1) is 15.2. The van der Waals surface area contributed by atoms with Crippen LogP contribution in [0.25, 0.3) is 0 Å². The molecule has 4 nitrogen and oxygen atoms in total. The van der Waals surface area contributed by atoms with Crippen molar-refractivity contribution < 1.29 is 9.47 Å². The molecule has 0 saturated heterocycles. The van der Waals surface area contributed by atoms with E-state index in [2.05, 4.69) is 4.98 Å². The molecule has 0 radical (unpaired) electrons. The van der Waals surface area contributed by atoms with Crippen molar-refractivity contribution in [1.82, 2.24) is 9.55 Å². The average molecular weight is 355 g/mol. The molecule has 3 aromatic rings. The van der Waals surface area contributed by atoms with Crippen molar-refractivity contribution in [3.63, 3.8) is 0 Å². The van der Waals surface area contributed by atoms with Crippen LogP contribution in [0.3, 0.4) is 0 Å². The predicted molar refractivity (Wildman–Crippen MR) is 88.0 cm³/mol. The minimum absolute atomic E-state index is 0.244. The van der Waals surface area contributed by atoms with Crippen LogP contribution in [0.5, 0.6) is 11.5 Å². The molecular formula is C15H12Cl2N2O2S. The van der Waals surface area contributed by atoms with Gasteiger partial charge in [0.25, 0.3) is 0 Å². The van der Waals surface area contributed by atoms with Crippen molar-refractivity contribution in [2.75, 3.05) is 0 Å². The Labute approximate surface area is 141 Å². The van der Waals surface area contributed by atoms with Crippen LogP contribution in [-0.4, -0.2) is 9.55 Å². The van der Waals surface area contributed by atoms with Crippen LogP contribution in [0.15, 0.2) is 48.1 Å². The zero-order valence-electron chi connectivity index (χ0n) is 11.4. The molecule has 0 saturated carbocycles. The zero-order chi connectivity index (χ0) is 15.4. The standard InChI is InChI=1S/C15H12Cl2N2O2S/c16-14-15(17)19(9-18-14)10-21-12-5-3-11(4-6-12)20-8-13-2-1-7-22-13/h1-7,9H,8,10H2. The summed E-state index contributed by atoms with van der Waals surface area (Å²) in [6.45, 7) is 0.814. The summed E-state index contributed by atoms with van der Waals surface area (Å²) in [4.78, 5) is 5.08.